The SMILES string of the molecule is COc1ncccc1-c1ncc2c(n1)n(Cc1ccc(-c3nc(C(F)(F)F)cn3C)cc1)c(=N)n2CC(F)(F)F. The quantitative estimate of drug-likeness (QED) is 0.300. The van der Waals surface area contributed by atoms with Crippen molar-refractivity contribution in [2.75, 3.05) is 7.11 Å². The smallest absolute Gasteiger partial charge is 0.434 e. The second-order valence-electron chi connectivity index (χ2n) is 8.83. The van der Waals surface area contributed by atoms with Crippen molar-refractivity contribution >= 4 is 11.2 Å². The van der Waals surface area contributed by atoms with E-state index in [9.17, 15) is 26.3 Å². The van der Waals surface area contributed by atoms with Crippen molar-refractivity contribution in [2.24, 2.45) is 7.05 Å². The molecule has 1 N–H and O–H groups in total. The summed E-state index contributed by atoms with van der Waals surface area (Å²) < 4.78 is 87.9. The molecular formula is C25H20F6N8O. The molecule has 0 radical (unpaired) electrons. The highest BCUT2D eigenvalue weighted by Gasteiger charge is 2.34. The van der Waals surface area contributed by atoms with Crippen LogP contribution in [0.4, 0.5) is 26.3 Å². The van der Waals surface area contributed by atoms with E-state index in [0.29, 0.717) is 16.7 Å². The van der Waals surface area contributed by atoms with Gasteiger partial charge in [0, 0.05) is 25.0 Å². The fourth-order valence-corrected chi connectivity index (χ4v) is 4.27. The molecule has 0 aliphatic carbocycles. The Hall–Kier alpha value is -4.69. The van der Waals surface area contributed by atoms with Gasteiger partial charge in [-0.3, -0.25) is 14.5 Å². The molecule has 0 aliphatic rings. The monoisotopic (exact) mass is 562 g/mol. The molecule has 0 fully saturated rings. The van der Waals surface area contributed by atoms with Gasteiger partial charge >= 0.3 is 12.4 Å². The number of imidazole rings is 2. The molecule has 0 aliphatic heterocycles. The molecule has 4 aromatic heterocycles. The summed E-state index contributed by atoms with van der Waals surface area (Å²) in [6.07, 6.45) is -5.60. The first kappa shape index (κ1) is 26.9. The van der Waals surface area contributed by atoms with Crippen molar-refractivity contribution in [1.82, 2.24) is 33.6 Å². The number of ether oxygens (including phenoxy) is 1. The Morgan fingerprint density at radius 1 is 0.950 bits per heavy atom. The van der Waals surface area contributed by atoms with E-state index in [2.05, 4.69) is 19.9 Å². The first-order chi connectivity index (χ1) is 18.9. The van der Waals surface area contributed by atoms with Gasteiger partial charge in [0.05, 0.1) is 25.4 Å². The van der Waals surface area contributed by atoms with Gasteiger partial charge in [0.1, 0.15) is 17.9 Å². The number of pyridine rings is 1. The molecule has 0 bridgehead atoms. The molecule has 5 aromatic rings. The molecule has 208 valence electrons. The third-order valence-electron chi connectivity index (χ3n) is 6.07. The number of alkyl halides is 6. The molecular weight excluding hydrogens is 542 g/mol. The summed E-state index contributed by atoms with van der Waals surface area (Å²) in [6, 6.07) is 9.58. The minimum absolute atomic E-state index is 0.00163. The fraction of sp³-hybridized carbons (Fsp3) is 0.240. The summed E-state index contributed by atoms with van der Waals surface area (Å²) in [7, 11) is 2.85. The van der Waals surface area contributed by atoms with Crippen LogP contribution in [-0.4, -0.2) is 46.9 Å². The maximum Gasteiger partial charge on any atom is 0.434 e. The number of nitrogens with zero attached hydrogens (tertiary/aromatic N) is 7. The lowest BCUT2D eigenvalue weighted by Crippen LogP contribution is -2.30. The number of nitrogens with one attached hydrogen (secondary N) is 1. The number of aryl methyl sites for hydroxylation is 1. The number of aromatic nitrogens is 7. The molecule has 40 heavy (non-hydrogen) atoms. The predicted molar refractivity (Wildman–Crippen MR) is 130 cm³/mol. The molecule has 0 amide bonds. The molecule has 4 heterocycles. The number of hydrogen-bond acceptors (Lipinski definition) is 6. The molecule has 5 rings (SSSR count). The molecule has 9 nitrogen and oxygen atoms in total. The Balaban J connectivity index is 1.57. The standard InChI is InChI=1S/C25H20F6N8O/c1-37-12-18(25(29,30)31)35-20(37)15-7-5-14(6-8-15)11-38-21-17(39(23(38)32)13-24(26,27)28)10-34-19(36-21)16-4-3-9-33-22(16)40-2/h3-10,12,32H,11,13H2,1-2H3. The summed E-state index contributed by atoms with van der Waals surface area (Å²) >= 11 is 0. The van der Waals surface area contributed by atoms with Gasteiger partial charge in [-0.05, 0) is 17.7 Å². The topological polar surface area (TPSA) is 99.4 Å². The van der Waals surface area contributed by atoms with Crippen molar-refractivity contribution in [2.45, 2.75) is 25.4 Å². The second-order valence-corrected chi connectivity index (χ2v) is 8.83. The first-order valence-electron chi connectivity index (χ1n) is 11.6. The number of rotatable bonds is 6. The lowest BCUT2D eigenvalue weighted by Gasteiger charge is -2.08. The summed E-state index contributed by atoms with van der Waals surface area (Å²) in [5, 5.41) is 8.53. The van der Waals surface area contributed by atoms with E-state index in [0.717, 1.165) is 10.8 Å². The average molecular weight is 562 g/mol. The minimum Gasteiger partial charge on any atom is -0.480 e. The van der Waals surface area contributed by atoms with Crippen molar-refractivity contribution in [3.8, 4) is 28.7 Å². The lowest BCUT2D eigenvalue weighted by molar-refractivity contribution is -0.141. The second kappa shape index (κ2) is 9.81. The Morgan fingerprint density at radius 3 is 2.30 bits per heavy atom. The van der Waals surface area contributed by atoms with Gasteiger partial charge in [-0.1, -0.05) is 24.3 Å². The Kier molecular flexibility index (Phi) is 6.59. The third kappa shape index (κ3) is 5.13. The zero-order valence-electron chi connectivity index (χ0n) is 20.9. The van der Waals surface area contributed by atoms with Crippen molar-refractivity contribution in [3.63, 3.8) is 0 Å². The minimum atomic E-state index is -4.61. The van der Waals surface area contributed by atoms with Gasteiger partial charge in [-0.15, -0.1) is 0 Å². The van der Waals surface area contributed by atoms with E-state index in [1.807, 2.05) is 0 Å². The van der Waals surface area contributed by atoms with Gasteiger partial charge in [-0.2, -0.15) is 26.3 Å². The Bertz CT molecular complexity index is 1750. The molecule has 0 spiro atoms. The van der Waals surface area contributed by atoms with Crippen LogP contribution in [0, 0.1) is 5.41 Å². The van der Waals surface area contributed by atoms with Gasteiger partial charge in [0.2, 0.25) is 11.5 Å². The van der Waals surface area contributed by atoms with E-state index < -0.39 is 30.2 Å². The van der Waals surface area contributed by atoms with Crippen molar-refractivity contribution in [1.29, 1.82) is 5.41 Å². The number of methoxy groups -OCH3 is 1. The van der Waals surface area contributed by atoms with Crippen LogP contribution in [0.5, 0.6) is 5.88 Å². The summed E-state index contributed by atoms with van der Waals surface area (Å²) in [5.74, 6) is 0.450. The summed E-state index contributed by atoms with van der Waals surface area (Å²) in [6.45, 7) is -1.47. The number of benzene rings is 1. The average Bonchev–Trinajstić information content (AvgIpc) is 3.42. The Labute approximate surface area is 221 Å². The molecule has 1 aromatic carbocycles. The van der Waals surface area contributed by atoms with Crippen LogP contribution in [0.2, 0.25) is 0 Å². The van der Waals surface area contributed by atoms with Gasteiger partial charge in [0.15, 0.2) is 17.2 Å². The van der Waals surface area contributed by atoms with E-state index in [4.69, 9.17) is 10.1 Å². The van der Waals surface area contributed by atoms with Crippen LogP contribution in [0.15, 0.2) is 55.0 Å². The van der Waals surface area contributed by atoms with Crippen LogP contribution in [-0.2, 0) is 26.3 Å². The lowest BCUT2D eigenvalue weighted by atomic mass is 10.1. The number of fused-ring (bicyclic) bond motifs is 1. The zero-order chi connectivity index (χ0) is 28.8. The highest BCUT2D eigenvalue weighted by molar-refractivity contribution is 5.74. The van der Waals surface area contributed by atoms with Crippen molar-refractivity contribution < 1.29 is 31.1 Å². The number of halogens is 6. The molecule has 15 heteroatoms. The van der Waals surface area contributed by atoms with E-state index in [1.54, 1.807) is 36.4 Å². The van der Waals surface area contributed by atoms with Gasteiger partial charge in [-0.25, -0.2) is 19.9 Å². The highest BCUT2D eigenvalue weighted by Crippen LogP contribution is 2.31. The number of hydrogen-bond donors (Lipinski definition) is 1. The molecule has 0 saturated heterocycles. The summed E-state index contributed by atoms with van der Waals surface area (Å²) in [5.41, 5.74) is -0.0254. The normalized spacial score (nSPS) is 12.3. The zero-order valence-corrected chi connectivity index (χ0v) is 20.9. The highest BCUT2D eigenvalue weighted by atomic mass is 19.4. The molecule has 0 atom stereocenters. The first-order valence-corrected chi connectivity index (χ1v) is 11.6. The van der Waals surface area contributed by atoms with Crippen LogP contribution < -0.4 is 10.4 Å². The van der Waals surface area contributed by atoms with Crippen LogP contribution >= 0.6 is 0 Å². The van der Waals surface area contributed by atoms with Gasteiger partial charge < -0.3 is 9.30 Å². The maximum atomic E-state index is 13.4. The van der Waals surface area contributed by atoms with E-state index in [-0.39, 0.29) is 35.2 Å². The van der Waals surface area contributed by atoms with Gasteiger partial charge in [0.25, 0.3) is 0 Å². The van der Waals surface area contributed by atoms with Crippen LogP contribution in [0.3, 0.4) is 0 Å². The third-order valence-corrected chi connectivity index (χ3v) is 6.07. The molecule has 0 unspecified atom stereocenters. The predicted octanol–water partition coefficient (Wildman–Crippen LogP) is 4.81. The van der Waals surface area contributed by atoms with Crippen LogP contribution in [0.1, 0.15) is 11.3 Å². The Morgan fingerprint density at radius 2 is 1.68 bits per heavy atom. The van der Waals surface area contributed by atoms with Crippen molar-refractivity contribution in [3.05, 3.63) is 71.9 Å². The van der Waals surface area contributed by atoms with Crippen LogP contribution in [0.25, 0.3) is 33.9 Å². The summed E-state index contributed by atoms with van der Waals surface area (Å²) in [4.78, 5) is 16.4. The van der Waals surface area contributed by atoms with E-state index >= 15 is 0 Å². The largest absolute Gasteiger partial charge is 0.480 e. The van der Waals surface area contributed by atoms with E-state index in [1.165, 1.54) is 35.7 Å². The molecule has 0 saturated carbocycles. The fourth-order valence-electron chi connectivity index (χ4n) is 4.27. The maximum absolute atomic E-state index is 13.4.